The van der Waals surface area contributed by atoms with Crippen LogP contribution >= 0.6 is 0 Å². The number of rotatable bonds is 9. The summed E-state index contributed by atoms with van der Waals surface area (Å²) in [6, 6.07) is 4.94. The summed E-state index contributed by atoms with van der Waals surface area (Å²) in [6.07, 6.45) is 2.13. The second-order valence-corrected chi connectivity index (χ2v) is 7.88. The predicted molar refractivity (Wildman–Crippen MR) is 85.7 cm³/mol. The van der Waals surface area contributed by atoms with Gasteiger partial charge in [0.1, 0.15) is 15.7 Å². The van der Waals surface area contributed by atoms with E-state index >= 15 is 0 Å². The molecule has 21 heavy (non-hydrogen) atoms. The summed E-state index contributed by atoms with van der Waals surface area (Å²) in [7, 11) is -2.96. The molecule has 5 heteroatoms. The zero-order valence-electron chi connectivity index (χ0n) is 13.2. The summed E-state index contributed by atoms with van der Waals surface area (Å²) < 4.78 is 37.1. The summed E-state index contributed by atoms with van der Waals surface area (Å²) in [6.45, 7) is 6.43. The monoisotopic (exact) mass is 315 g/mol. The summed E-state index contributed by atoms with van der Waals surface area (Å²) >= 11 is 0. The minimum atomic E-state index is -2.96. The van der Waals surface area contributed by atoms with Crippen LogP contribution in [0.1, 0.15) is 50.3 Å². The van der Waals surface area contributed by atoms with Crippen molar-refractivity contribution in [1.82, 2.24) is 5.32 Å². The topological polar surface area (TPSA) is 46.2 Å². The molecule has 0 amide bonds. The Morgan fingerprint density at radius 2 is 2.00 bits per heavy atom. The maximum Gasteiger partial charge on any atom is 0.150 e. The molecule has 0 aliphatic rings. The van der Waals surface area contributed by atoms with Gasteiger partial charge in [0.25, 0.3) is 0 Å². The fraction of sp³-hybridized carbons (Fsp3) is 0.625. The van der Waals surface area contributed by atoms with Crippen LogP contribution in [0.15, 0.2) is 18.2 Å². The van der Waals surface area contributed by atoms with Crippen LogP contribution in [-0.2, 0) is 9.84 Å². The van der Waals surface area contributed by atoms with E-state index in [4.69, 9.17) is 0 Å². The predicted octanol–water partition coefficient (Wildman–Crippen LogP) is 3.39. The number of nitrogens with one attached hydrogen (secondary N) is 1. The minimum absolute atomic E-state index is 0.128. The van der Waals surface area contributed by atoms with E-state index in [0.29, 0.717) is 18.4 Å². The van der Waals surface area contributed by atoms with Crippen LogP contribution in [0.4, 0.5) is 4.39 Å². The van der Waals surface area contributed by atoms with E-state index in [1.165, 1.54) is 6.07 Å². The van der Waals surface area contributed by atoms with Crippen LogP contribution in [0.2, 0.25) is 0 Å². The van der Waals surface area contributed by atoms with Gasteiger partial charge in [0.15, 0.2) is 0 Å². The van der Waals surface area contributed by atoms with Crippen molar-refractivity contribution in [3.8, 4) is 0 Å². The fourth-order valence-corrected chi connectivity index (χ4v) is 3.16. The summed E-state index contributed by atoms with van der Waals surface area (Å²) in [5.41, 5.74) is 1.65. The smallest absolute Gasteiger partial charge is 0.150 e. The highest BCUT2D eigenvalue weighted by Gasteiger charge is 2.16. The zero-order valence-corrected chi connectivity index (χ0v) is 14.0. The molecule has 0 radical (unpaired) electrons. The summed E-state index contributed by atoms with van der Waals surface area (Å²) in [4.78, 5) is 0. The molecule has 1 atom stereocenters. The van der Waals surface area contributed by atoms with Gasteiger partial charge >= 0.3 is 0 Å². The summed E-state index contributed by atoms with van der Waals surface area (Å²) in [5, 5.41) is 3.32. The van der Waals surface area contributed by atoms with Crippen LogP contribution in [0, 0.1) is 12.7 Å². The highest BCUT2D eigenvalue weighted by Crippen LogP contribution is 2.23. The van der Waals surface area contributed by atoms with E-state index in [9.17, 15) is 12.8 Å². The average Bonchev–Trinajstić information content (AvgIpc) is 2.45. The first-order chi connectivity index (χ1) is 9.89. The average molecular weight is 315 g/mol. The Hall–Kier alpha value is -0.940. The zero-order chi connectivity index (χ0) is 15.9. The molecule has 120 valence electrons. The molecule has 3 nitrogen and oxygen atoms in total. The number of halogens is 1. The number of hydrogen-bond donors (Lipinski definition) is 1. The molecular weight excluding hydrogens is 289 g/mol. The van der Waals surface area contributed by atoms with Crippen LogP contribution in [0.3, 0.4) is 0 Å². The van der Waals surface area contributed by atoms with Gasteiger partial charge in [-0.05, 0) is 38.8 Å². The van der Waals surface area contributed by atoms with E-state index in [1.54, 1.807) is 13.0 Å². The molecule has 0 saturated heterocycles. The molecule has 0 heterocycles. The van der Waals surface area contributed by atoms with Crippen LogP contribution in [-0.4, -0.2) is 26.5 Å². The lowest BCUT2D eigenvalue weighted by Gasteiger charge is -2.20. The highest BCUT2D eigenvalue weighted by molar-refractivity contribution is 7.91. The Balaban J connectivity index is 2.78. The molecule has 0 aliphatic heterocycles. The third-order valence-electron chi connectivity index (χ3n) is 3.56. The van der Waals surface area contributed by atoms with Gasteiger partial charge in [-0.25, -0.2) is 12.8 Å². The van der Waals surface area contributed by atoms with Gasteiger partial charge in [-0.1, -0.05) is 31.5 Å². The van der Waals surface area contributed by atoms with E-state index in [2.05, 4.69) is 12.2 Å². The van der Waals surface area contributed by atoms with E-state index in [0.717, 1.165) is 18.5 Å². The molecule has 0 fully saturated rings. The van der Waals surface area contributed by atoms with Gasteiger partial charge in [0.2, 0.25) is 0 Å². The third-order valence-corrected chi connectivity index (χ3v) is 5.35. The quantitative estimate of drug-likeness (QED) is 0.760. The number of sulfone groups is 1. The number of hydrogen-bond acceptors (Lipinski definition) is 3. The molecule has 1 unspecified atom stereocenters. The maximum atomic E-state index is 14.0. The Morgan fingerprint density at radius 3 is 2.62 bits per heavy atom. The first kappa shape index (κ1) is 18.1. The van der Waals surface area contributed by atoms with Crippen molar-refractivity contribution < 1.29 is 12.8 Å². The molecule has 0 spiro atoms. The number of benzene rings is 1. The molecule has 1 rings (SSSR count). The molecule has 0 aromatic heterocycles. The molecule has 0 aliphatic carbocycles. The van der Waals surface area contributed by atoms with Crippen LogP contribution in [0.25, 0.3) is 0 Å². The van der Waals surface area contributed by atoms with Gasteiger partial charge < -0.3 is 5.32 Å². The molecular formula is C16H26FNO2S. The van der Waals surface area contributed by atoms with E-state index in [1.807, 2.05) is 13.0 Å². The van der Waals surface area contributed by atoms with Crippen molar-refractivity contribution in [2.45, 2.75) is 46.1 Å². The first-order valence-electron chi connectivity index (χ1n) is 7.59. The number of aryl methyl sites for hydroxylation is 1. The van der Waals surface area contributed by atoms with Crippen molar-refractivity contribution in [1.29, 1.82) is 0 Å². The van der Waals surface area contributed by atoms with E-state index in [-0.39, 0.29) is 23.4 Å². The van der Waals surface area contributed by atoms with Crippen molar-refractivity contribution in [2.75, 3.05) is 18.1 Å². The Morgan fingerprint density at radius 1 is 1.29 bits per heavy atom. The van der Waals surface area contributed by atoms with Crippen molar-refractivity contribution in [2.24, 2.45) is 0 Å². The van der Waals surface area contributed by atoms with Crippen LogP contribution < -0.4 is 5.32 Å². The van der Waals surface area contributed by atoms with E-state index < -0.39 is 9.84 Å². The molecule has 1 aromatic rings. The van der Waals surface area contributed by atoms with Gasteiger partial charge in [-0.15, -0.1) is 0 Å². The minimum Gasteiger partial charge on any atom is -0.310 e. The Labute approximate surface area is 127 Å². The second-order valence-electron chi connectivity index (χ2n) is 5.41. The maximum absolute atomic E-state index is 14.0. The fourth-order valence-electron chi connectivity index (χ4n) is 2.27. The highest BCUT2D eigenvalue weighted by atomic mass is 32.2. The molecule has 0 saturated carbocycles. The first-order valence-corrected chi connectivity index (χ1v) is 9.41. The van der Waals surface area contributed by atoms with Crippen molar-refractivity contribution in [3.63, 3.8) is 0 Å². The van der Waals surface area contributed by atoms with Crippen molar-refractivity contribution in [3.05, 3.63) is 35.1 Å². The SMILES string of the molecule is CCCNC(CCCS(=O)(=O)CC)c1cc(C)ccc1F. The lowest BCUT2D eigenvalue weighted by atomic mass is 9.99. The molecule has 1 N–H and O–H groups in total. The lowest BCUT2D eigenvalue weighted by molar-refractivity contribution is 0.468. The normalized spacial score (nSPS) is 13.3. The molecule has 0 bridgehead atoms. The summed E-state index contributed by atoms with van der Waals surface area (Å²) in [5.74, 6) is 0.104. The van der Waals surface area contributed by atoms with Gasteiger partial charge in [0.05, 0.1) is 5.75 Å². The molecule has 1 aromatic carbocycles. The standard InChI is InChI=1S/C16H26FNO2S/c1-4-10-18-16(7-6-11-21(19,20)5-2)14-12-13(3)8-9-15(14)17/h8-9,12,16,18H,4-7,10-11H2,1-3H3. The van der Waals surface area contributed by atoms with Gasteiger partial charge in [0, 0.05) is 17.4 Å². The Kier molecular flexibility index (Phi) is 7.32. The lowest BCUT2D eigenvalue weighted by Crippen LogP contribution is -2.24. The van der Waals surface area contributed by atoms with Crippen molar-refractivity contribution >= 4 is 9.84 Å². The van der Waals surface area contributed by atoms with Gasteiger partial charge in [-0.2, -0.15) is 0 Å². The largest absolute Gasteiger partial charge is 0.310 e. The van der Waals surface area contributed by atoms with Crippen LogP contribution in [0.5, 0.6) is 0 Å². The third kappa shape index (κ3) is 6.14. The Bertz CT molecular complexity index is 543. The second kappa shape index (κ2) is 8.49. The van der Waals surface area contributed by atoms with Gasteiger partial charge in [-0.3, -0.25) is 0 Å².